The molecule has 5 heteroatoms. The predicted molar refractivity (Wildman–Crippen MR) is 101 cm³/mol. The number of para-hydroxylation sites is 1. The van der Waals surface area contributed by atoms with Crippen LogP contribution in [0.3, 0.4) is 0 Å². The highest BCUT2D eigenvalue weighted by molar-refractivity contribution is 9.10. The van der Waals surface area contributed by atoms with Crippen molar-refractivity contribution in [2.75, 3.05) is 0 Å². The third-order valence-electron chi connectivity index (χ3n) is 4.35. The summed E-state index contributed by atoms with van der Waals surface area (Å²) < 4.78 is 1.06. The molecule has 5 rings (SSSR count). The highest BCUT2D eigenvalue weighted by Crippen LogP contribution is 2.32. The van der Waals surface area contributed by atoms with Crippen LogP contribution in [0.1, 0.15) is 0 Å². The third-order valence-corrected chi connectivity index (χ3v) is 4.85. The normalized spacial score (nSPS) is 11.5. The molecule has 0 spiro atoms. The molecule has 0 amide bonds. The van der Waals surface area contributed by atoms with Gasteiger partial charge in [-0.3, -0.25) is 0 Å². The maximum absolute atomic E-state index is 4.59. The maximum Gasteiger partial charge on any atom is 0.139 e. The summed E-state index contributed by atoms with van der Waals surface area (Å²) in [5.74, 6) is 0.865. The van der Waals surface area contributed by atoms with Crippen molar-refractivity contribution in [3.05, 3.63) is 65.5 Å². The maximum atomic E-state index is 4.59. The number of hydrogen-bond donors (Lipinski definition) is 3. The summed E-state index contributed by atoms with van der Waals surface area (Å²) in [5.41, 5.74) is 5.43. The van der Waals surface area contributed by atoms with E-state index in [9.17, 15) is 0 Å². The van der Waals surface area contributed by atoms with Gasteiger partial charge in [-0.1, -0.05) is 40.2 Å². The lowest BCUT2D eigenvalue weighted by Gasteiger charge is -1.97. The van der Waals surface area contributed by atoms with Crippen LogP contribution >= 0.6 is 15.9 Å². The minimum atomic E-state index is 0.865. The van der Waals surface area contributed by atoms with Gasteiger partial charge in [0.05, 0.1) is 11.9 Å². The van der Waals surface area contributed by atoms with Crippen LogP contribution in [-0.2, 0) is 0 Å². The van der Waals surface area contributed by atoms with Crippen molar-refractivity contribution < 1.29 is 0 Å². The zero-order valence-electron chi connectivity index (χ0n) is 12.6. The summed E-state index contributed by atoms with van der Waals surface area (Å²) in [6, 6.07) is 14.5. The van der Waals surface area contributed by atoms with Crippen LogP contribution in [0.4, 0.5) is 0 Å². The summed E-state index contributed by atoms with van der Waals surface area (Å²) in [5, 5.41) is 2.34. The number of aromatic nitrogens is 4. The summed E-state index contributed by atoms with van der Waals surface area (Å²) in [7, 11) is 0. The van der Waals surface area contributed by atoms with Crippen molar-refractivity contribution in [3.8, 4) is 22.6 Å². The Morgan fingerprint density at radius 2 is 1.62 bits per heavy atom. The van der Waals surface area contributed by atoms with E-state index in [0.29, 0.717) is 0 Å². The predicted octanol–water partition coefficient (Wildman–Crippen LogP) is 5.47. The van der Waals surface area contributed by atoms with Gasteiger partial charge in [0.2, 0.25) is 0 Å². The van der Waals surface area contributed by atoms with Crippen molar-refractivity contribution >= 4 is 37.7 Å². The van der Waals surface area contributed by atoms with Gasteiger partial charge in [0.1, 0.15) is 5.82 Å². The first-order valence-corrected chi connectivity index (χ1v) is 8.47. The van der Waals surface area contributed by atoms with Crippen LogP contribution in [0, 0.1) is 0 Å². The van der Waals surface area contributed by atoms with Gasteiger partial charge < -0.3 is 15.0 Å². The molecule has 116 valence electrons. The summed E-state index contributed by atoms with van der Waals surface area (Å²) in [4.78, 5) is 14.7. The van der Waals surface area contributed by atoms with Crippen molar-refractivity contribution in [2.24, 2.45) is 0 Å². The Kier molecular flexibility index (Phi) is 2.90. The van der Waals surface area contributed by atoms with E-state index in [1.807, 2.05) is 30.7 Å². The van der Waals surface area contributed by atoms with Crippen LogP contribution in [0.15, 0.2) is 65.5 Å². The topological polar surface area (TPSA) is 60.3 Å². The smallest absolute Gasteiger partial charge is 0.139 e. The minimum absolute atomic E-state index is 0.865. The second kappa shape index (κ2) is 5.11. The Morgan fingerprint density at radius 1 is 0.833 bits per heavy atom. The number of imidazole rings is 1. The Balaban J connectivity index is 1.64. The van der Waals surface area contributed by atoms with E-state index in [0.717, 1.165) is 43.5 Å². The molecule has 0 bridgehead atoms. The molecular weight excluding hydrogens is 364 g/mol. The number of fused-ring (bicyclic) bond motifs is 2. The number of nitrogens with one attached hydrogen (secondary N) is 3. The summed E-state index contributed by atoms with van der Waals surface area (Å²) in [6.45, 7) is 0. The molecule has 3 aromatic heterocycles. The fourth-order valence-corrected chi connectivity index (χ4v) is 3.54. The lowest BCUT2D eigenvalue weighted by molar-refractivity contribution is 1.31. The first kappa shape index (κ1) is 13.6. The Morgan fingerprint density at radius 3 is 2.58 bits per heavy atom. The molecule has 5 aromatic rings. The van der Waals surface area contributed by atoms with E-state index in [2.05, 4.69) is 66.2 Å². The second-order valence-corrected chi connectivity index (χ2v) is 6.70. The molecule has 0 aliphatic rings. The molecule has 3 heterocycles. The molecule has 3 N–H and O–H groups in total. The van der Waals surface area contributed by atoms with Gasteiger partial charge in [-0.05, 0) is 18.2 Å². The molecule has 0 atom stereocenters. The monoisotopic (exact) mass is 376 g/mol. The van der Waals surface area contributed by atoms with E-state index in [-0.39, 0.29) is 0 Å². The molecule has 0 unspecified atom stereocenters. The van der Waals surface area contributed by atoms with Crippen molar-refractivity contribution in [1.29, 1.82) is 0 Å². The van der Waals surface area contributed by atoms with E-state index >= 15 is 0 Å². The van der Waals surface area contributed by atoms with E-state index < -0.39 is 0 Å². The minimum Gasteiger partial charge on any atom is -0.360 e. The van der Waals surface area contributed by atoms with Gasteiger partial charge in [-0.2, -0.15) is 0 Å². The van der Waals surface area contributed by atoms with Gasteiger partial charge in [0, 0.05) is 49.8 Å². The number of halogens is 1. The molecule has 0 fully saturated rings. The fraction of sp³-hybridized carbons (Fsp3) is 0. The Labute approximate surface area is 146 Å². The fourth-order valence-electron chi connectivity index (χ4n) is 3.18. The van der Waals surface area contributed by atoms with Gasteiger partial charge >= 0.3 is 0 Å². The van der Waals surface area contributed by atoms with E-state index in [1.165, 1.54) is 5.39 Å². The number of aromatic amines is 3. The van der Waals surface area contributed by atoms with Gasteiger partial charge in [0.25, 0.3) is 0 Å². The lowest BCUT2D eigenvalue weighted by Crippen LogP contribution is -1.79. The van der Waals surface area contributed by atoms with Crippen molar-refractivity contribution in [2.45, 2.75) is 0 Å². The molecule has 4 nitrogen and oxygen atoms in total. The largest absolute Gasteiger partial charge is 0.360 e. The van der Waals surface area contributed by atoms with Gasteiger partial charge in [-0.15, -0.1) is 0 Å². The SMILES string of the molecule is Brc1ccc2c(-c3ncc(-c4c[nH]c5ccccc45)[nH]3)c[nH]c2c1. The Bertz CT molecular complexity index is 1180. The zero-order valence-corrected chi connectivity index (χ0v) is 14.2. The van der Waals surface area contributed by atoms with Gasteiger partial charge in [0.15, 0.2) is 0 Å². The Hall–Kier alpha value is -2.79. The highest BCUT2D eigenvalue weighted by Gasteiger charge is 2.12. The average molecular weight is 377 g/mol. The number of rotatable bonds is 2. The number of hydrogen-bond acceptors (Lipinski definition) is 1. The number of nitrogens with zero attached hydrogens (tertiary/aromatic N) is 1. The highest BCUT2D eigenvalue weighted by atomic mass is 79.9. The quantitative estimate of drug-likeness (QED) is 0.375. The summed E-state index contributed by atoms with van der Waals surface area (Å²) in [6.07, 6.45) is 5.91. The first-order valence-electron chi connectivity index (χ1n) is 7.68. The molecule has 0 saturated carbocycles. The van der Waals surface area contributed by atoms with Crippen LogP contribution in [-0.4, -0.2) is 19.9 Å². The number of H-pyrrole nitrogens is 3. The molecular formula is C19H13BrN4. The molecule has 2 aromatic carbocycles. The van der Waals surface area contributed by atoms with Crippen LogP contribution in [0.5, 0.6) is 0 Å². The standard InChI is InChI=1S/C19H13BrN4/c20-11-5-6-13-15(9-22-17(13)7-11)19-23-10-18(24-19)14-8-21-16-4-2-1-3-12(14)16/h1-10,21-22H,(H,23,24). The van der Waals surface area contributed by atoms with Crippen LogP contribution in [0.25, 0.3) is 44.5 Å². The first-order chi connectivity index (χ1) is 11.8. The van der Waals surface area contributed by atoms with Gasteiger partial charge in [-0.25, -0.2) is 4.98 Å². The summed E-state index contributed by atoms with van der Waals surface area (Å²) >= 11 is 3.50. The third kappa shape index (κ3) is 2.02. The molecule has 0 radical (unpaired) electrons. The van der Waals surface area contributed by atoms with Crippen LogP contribution < -0.4 is 0 Å². The zero-order chi connectivity index (χ0) is 16.1. The molecule has 24 heavy (non-hydrogen) atoms. The number of benzene rings is 2. The second-order valence-electron chi connectivity index (χ2n) is 5.79. The van der Waals surface area contributed by atoms with Crippen LogP contribution in [0.2, 0.25) is 0 Å². The molecule has 0 aliphatic carbocycles. The van der Waals surface area contributed by atoms with Crippen molar-refractivity contribution in [1.82, 2.24) is 19.9 Å². The average Bonchev–Trinajstić information content (AvgIpc) is 3.31. The van der Waals surface area contributed by atoms with E-state index in [4.69, 9.17) is 0 Å². The lowest BCUT2D eigenvalue weighted by atomic mass is 10.1. The van der Waals surface area contributed by atoms with Crippen molar-refractivity contribution in [3.63, 3.8) is 0 Å². The molecule has 0 saturated heterocycles. The molecule has 0 aliphatic heterocycles. The van der Waals surface area contributed by atoms with E-state index in [1.54, 1.807) is 0 Å².